The Labute approximate surface area is 194 Å². The standard InChI is InChI=1S/C25H30N4O2S/c1-28(2)24(30)22(18-10-6-4-7-11-18)32-25-27-26-23(19-14-16-21(31-3)17-15-19)29(25)20-12-8-5-9-13-20/h4,6-7,10-11,14-17,20,22H,5,8-9,12-13H2,1-3H3/t22-/m1/s1. The quantitative estimate of drug-likeness (QED) is 0.452. The lowest BCUT2D eigenvalue weighted by Crippen LogP contribution is -2.27. The molecular weight excluding hydrogens is 420 g/mol. The Morgan fingerprint density at radius 1 is 1.03 bits per heavy atom. The number of rotatable bonds is 7. The van der Waals surface area contributed by atoms with E-state index in [1.165, 1.54) is 31.0 Å². The van der Waals surface area contributed by atoms with Gasteiger partial charge in [-0.25, -0.2) is 0 Å². The highest BCUT2D eigenvalue weighted by Gasteiger charge is 2.30. The molecular formula is C25H30N4O2S. The molecule has 0 unspecified atom stereocenters. The smallest absolute Gasteiger partial charge is 0.240 e. The first-order valence-electron chi connectivity index (χ1n) is 11.1. The number of aromatic nitrogens is 3. The van der Waals surface area contributed by atoms with E-state index in [2.05, 4.69) is 14.8 Å². The number of amides is 1. The van der Waals surface area contributed by atoms with Crippen molar-refractivity contribution in [3.05, 3.63) is 60.2 Å². The first-order valence-corrected chi connectivity index (χ1v) is 12.0. The van der Waals surface area contributed by atoms with Crippen molar-refractivity contribution in [2.24, 2.45) is 0 Å². The van der Waals surface area contributed by atoms with Gasteiger partial charge in [0.15, 0.2) is 11.0 Å². The summed E-state index contributed by atoms with van der Waals surface area (Å²) in [5.41, 5.74) is 1.98. The molecule has 1 heterocycles. The van der Waals surface area contributed by atoms with Crippen LogP contribution in [0.5, 0.6) is 5.75 Å². The zero-order valence-corrected chi connectivity index (χ0v) is 19.7. The second-order valence-electron chi connectivity index (χ2n) is 8.34. The SMILES string of the molecule is COc1ccc(-c2nnc(S[C@@H](C(=O)N(C)C)c3ccccc3)n2C2CCCCC2)cc1. The molecule has 1 fully saturated rings. The molecule has 1 aromatic heterocycles. The molecule has 0 saturated heterocycles. The maximum Gasteiger partial charge on any atom is 0.240 e. The van der Waals surface area contributed by atoms with Crippen molar-refractivity contribution < 1.29 is 9.53 Å². The van der Waals surface area contributed by atoms with E-state index in [0.29, 0.717) is 6.04 Å². The zero-order chi connectivity index (χ0) is 22.5. The van der Waals surface area contributed by atoms with Crippen LogP contribution in [0, 0.1) is 0 Å². The maximum atomic E-state index is 13.1. The molecule has 1 atom stereocenters. The number of ether oxygens (including phenoxy) is 1. The molecule has 0 radical (unpaired) electrons. The van der Waals surface area contributed by atoms with E-state index in [9.17, 15) is 4.79 Å². The Morgan fingerprint density at radius 2 is 1.72 bits per heavy atom. The minimum atomic E-state index is -0.374. The molecule has 1 saturated carbocycles. The van der Waals surface area contributed by atoms with Crippen molar-refractivity contribution in [1.82, 2.24) is 19.7 Å². The number of benzene rings is 2. The van der Waals surface area contributed by atoms with Crippen LogP contribution in [-0.4, -0.2) is 46.8 Å². The Bertz CT molecular complexity index is 1030. The molecule has 0 bridgehead atoms. The third-order valence-corrected chi connectivity index (χ3v) is 7.14. The third-order valence-electron chi connectivity index (χ3n) is 5.94. The summed E-state index contributed by atoms with van der Waals surface area (Å²) in [5.74, 6) is 1.71. The van der Waals surface area contributed by atoms with Gasteiger partial charge in [0, 0.05) is 25.7 Å². The molecule has 2 aromatic carbocycles. The molecule has 1 aliphatic carbocycles. The maximum absolute atomic E-state index is 13.1. The molecule has 0 spiro atoms. The summed E-state index contributed by atoms with van der Waals surface area (Å²) in [7, 11) is 5.26. The Balaban J connectivity index is 1.75. The lowest BCUT2D eigenvalue weighted by atomic mass is 9.95. The first kappa shape index (κ1) is 22.4. The molecule has 7 heteroatoms. The van der Waals surface area contributed by atoms with Crippen molar-refractivity contribution in [3.8, 4) is 17.1 Å². The van der Waals surface area contributed by atoms with Gasteiger partial charge in [-0.2, -0.15) is 0 Å². The Hall–Kier alpha value is -2.80. The van der Waals surface area contributed by atoms with Crippen LogP contribution < -0.4 is 4.74 Å². The highest BCUT2D eigenvalue weighted by Crippen LogP contribution is 2.41. The summed E-state index contributed by atoms with van der Waals surface area (Å²) < 4.78 is 7.59. The number of carbonyl (C=O) groups is 1. The van der Waals surface area contributed by atoms with E-state index in [1.54, 1.807) is 26.1 Å². The molecule has 4 rings (SSSR count). The van der Waals surface area contributed by atoms with Crippen LogP contribution in [0.2, 0.25) is 0 Å². The van der Waals surface area contributed by atoms with E-state index in [0.717, 1.165) is 40.7 Å². The van der Waals surface area contributed by atoms with E-state index in [1.807, 2.05) is 54.6 Å². The minimum Gasteiger partial charge on any atom is -0.497 e. The van der Waals surface area contributed by atoms with Gasteiger partial charge in [0.25, 0.3) is 0 Å². The second-order valence-corrected chi connectivity index (χ2v) is 9.41. The average molecular weight is 451 g/mol. The zero-order valence-electron chi connectivity index (χ0n) is 18.9. The molecule has 1 amide bonds. The van der Waals surface area contributed by atoms with Crippen LogP contribution in [0.25, 0.3) is 11.4 Å². The minimum absolute atomic E-state index is 0.0467. The topological polar surface area (TPSA) is 60.3 Å². The number of hydrogen-bond donors (Lipinski definition) is 0. The van der Waals surface area contributed by atoms with Crippen molar-refractivity contribution in [3.63, 3.8) is 0 Å². The molecule has 6 nitrogen and oxygen atoms in total. The molecule has 168 valence electrons. The summed E-state index contributed by atoms with van der Waals surface area (Å²) >= 11 is 1.50. The molecule has 32 heavy (non-hydrogen) atoms. The summed E-state index contributed by atoms with van der Waals surface area (Å²) in [6.45, 7) is 0. The van der Waals surface area contributed by atoms with Gasteiger partial charge in [0.05, 0.1) is 7.11 Å². The molecule has 1 aliphatic rings. The van der Waals surface area contributed by atoms with Gasteiger partial charge < -0.3 is 9.64 Å². The summed E-state index contributed by atoms with van der Waals surface area (Å²) in [5, 5.41) is 9.61. The third kappa shape index (κ3) is 4.83. The predicted molar refractivity (Wildman–Crippen MR) is 128 cm³/mol. The van der Waals surface area contributed by atoms with Crippen molar-refractivity contribution in [1.29, 1.82) is 0 Å². The van der Waals surface area contributed by atoms with Crippen LogP contribution in [0.3, 0.4) is 0 Å². The second kappa shape index (κ2) is 10.2. The molecule has 0 N–H and O–H groups in total. The first-order chi connectivity index (χ1) is 15.6. The van der Waals surface area contributed by atoms with Crippen LogP contribution in [-0.2, 0) is 4.79 Å². The number of carbonyl (C=O) groups excluding carboxylic acids is 1. The molecule has 0 aliphatic heterocycles. The van der Waals surface area contributed by atoms with Crippen molar-refractivity contribution in [2.75, 3.05) is 21.2 Å². The fraction of sp³-hybridized carbons (Fsp3) is 0.400. The van der Waals surface area contributed by atoms with Crippen LogP contribution in [0.15, 0.2) is 59.8 Å². The van der Waals surface area contributed by atoms with Crippen LogP contribution >= 0.6 is 11.8 Å². The highest BCUT2D eigenvalue weighted by atomic mass is 32.2. The van der Waals surface area contributed by atoms with Crippen molar-refractivity contribution in [2.45, 2.75) is 48.6 Å². The summed E-state index contributed by atoms with van der Waals surface area (Å²) in [6, 6.07) is 18.2. The van der Waals surface area contributed by atoms with Gasteiger partial charge in [0.2, 0.25) is 5.91 Å². The predicted octanol–water partition coefficient (Wildman–Crippen LogP) is 5.38. The fourth-order valence-corrected chi connectivity index (χ4v) is 5.44. The van der Waals surface area contributed by atoms with Gasteiger partial charge in [-0.05, 0) is 42.7 Å². The highest BCUT2D eigenvalue weighted by molar-refractivity contribution is 8.00. The van der Waals surface area contributed by atoms with E-state index < -0.39 is 0 Å². The average Bonchev–Trinajstić information content (AvgIpc) is 3.26. The van der Waals surface area contributed by atoms with Gasteiger partial charge in [-0.1, -0.05) is 61.4 Å². The number of thioether (sulfide) groups is 1. The summed E-state index contributed by atoms with van der Waals surface area (Å²) in [4.78, 5) is 14.8. The van der Waals surface area contributed by atoms with E-state index in [4.69, 9.17) is 4.74 Å². The van der Waals surface area contributed by atoms with Crippen LogP contribution in [0.4, 0.5) is 0 Å². The normalized spacial score (nSPS) is 15.3. The monoisotopic (exact) mass is 450 g/mol. The summed E-state index contributed by atoms with van der Waals surface area (Å²) in [6.07, 6.45) is 5.88. The largest absolute Gasteiger partial charge is 0.497 e. The van der Waals surface area contributed by atoms with Gasteiger partial charge in [-0.3, -0.25) is 9.36 Å². The Kier molecular flexibility index (Phi) is 7.15. The number of methoxy groups -OCH3 is 1. The van der Waals surface area contributed by atoms with Gasteiger partial charge in [-0.15, -0.1) is 10.2 Å². The van der Waals surface area contributed by atoms with Gasteiger partial charge in [0.1, 0.15) is 11.0 Å². The number of hydrogen-bond acceptors (Lipinski definition) is 5. The van der Waals surface area contributed by atoms with E-state index >= 15 is 0 Å². The molecule has 3 aromatic rings. The van der Waals surface area contributed by atoms with Crippen LogP contribution in [0.1, 0.15) is 49.0 Å². The number of nitrogens with zero attached hydrogens (tertiary/aromatic N) is 4. The lowest BCUT2D eigenvalue weighted by molar-refractivity contribution is -0.128. The Morgan fingerprint density at radius 3 is 2.34 bits per heavy atom. The lowest BCUT2D eigenvalue weighted by Gasteiger charge is -2.27. The number of likely N-dealkylation sites (N-methyl/N-ethyl adjacent to an activating group) is 1. The van der Waals surface area contributed by atoms with Crippen molar-refractivity contribution >= 4 is 17.7 Å². The fourth-order valence-electron chi connectivity index (χ4n) is 4.19. The van der Waals surface area contributed by atoms with Gasteiger partial charge >= 0.3 is 0 Å². The van der Waals surface area contributed by atoms with E-state index in [-0.39, 0.29) is 11.2 Å².